The van der Waals surface area contributed by atoms with Crippen LogP contribution in [0.25, 0.3) is 22.1 Å². The second-order valence-corrected chi connectivity index (χ2v) is 5.36. The number of hydrogen-bond donors (Lipinski definition) is 1. The molecule has 7 nitrogen and oxygen atoms in total. The Morgan fingerprint density at radius 1 is 1.33 bits per heavy atom. The summed E-state index contributed by atoms with van der Waals surface area (Å²) in [5, 5.41) is 21.1. The SMILES string of the molecule is CC(=O)/C(=N\O)Sc1nnc2c3ccccc3n(C)c2n1. The van der Waals surface area contributed by atoms with Gasteiger partial charge in [-0.15, -0.1) is 10.2 Å². The molecule has 3 aromatic rings. The van der Waals surface area contributed by atoms with Gasteiger partial charge in [-0.1, -0.05) is 23.4 Å². The topological polar surface area (TPSA) is 93.3 Å². The number of aromatic nitrogens is 4. The van der Waals surface area contributed by atoms with Gasteiger partial charge in [0.1, 0.15) is 5.52 Å². The van der Waals surface area contributed by atoms with Gasteiger partial charge in [0.15, 0.2) is 16.5 Å². The summed E-state index contributed by atoms with van der Waals surface area (Å²) in [6, 6.07) is 7.80. The van der Waals surface area contributed by atoms with Crippen molar-refractivity contribution in [1.82, 2.24) is 19.7 Å². The molecule has 0 bridgehead atoms. The maximum absolute atomic E-state index is 11.3. The molecule has 0 aliphatic heterocycles. The fourth-order valence-electron chi connectivity index (χ4n) is 2.08. The van der Waals surface area contributed by atoms with E-state index in [0.29, 0.717) is 11.2 Å². The Kier molecular flexibility index (Phi) is 3.30. The van der Waals surface area contributed by atoms with E-state index in [1.807, 2.05) is 35.9 Å². The normalized spacial score (nSPS) is 12.2. The molecule has 0 unspecified atom stereocenters. The number of rotatable bonds is 2. The van der Waals surface area contributed by atoms with Crippen molar-refractivity contribution in [3.63, 3.8) is 0 Å². The highest BCUT2D eigenvalue weighted by Crippen LogP contribution is 2.26. The molecular formula is C13H11N5O2S. The highest BCUT2D eigenvalue weighted by atomic mass is 32.2. The number of thioether (sulfide) groups is 1. The number of nitrogens with zero attached hydrogens (tertiary/aromatic N) is 5. The van der Waals surface area contributed by atoms with E-state index in [0.717, 1.165) is 22.7 Å². The smallest absolute Gasteiger partial charge is 0.217 e. The molecule has 0 saturated carbocycles. The first-order valence-corrected chi connectivity index (χ1v) is 6.92. The molecule has 2 aromatic heterocycles. The van der Waals surface area contributed by atoms with Gasteiger partial charge in [-0.25, -0.2) is 4.98 Å². The van der Waals surface area contributed by atoms with Crippen molar-refractivity contribution in [1.29, 1.82) is 0 Å². The minimum Gasteiger partial charge on any atom is -0.410 e. The van der Waals surface area contributed by atoms with Crippen LogP contribution in [0.5, 0.6) is 0 Å². The first kappa shape index (κ1) is 13.5. The van der Waals surface area contributed by atoms with Gasteiger partial charge in [0.25, 0.3) is 0 Å². The molecule has 3 rings (SSSR count). The van der Waals surface area contributed by atoms with Gasteiger partial charge in [0.05, 0.1) is 5.52 Å². The second kappa shape index (κ2) is 5.13. The third-order valence-corrected chi connectivity index (χ3v) is 3.99. The lowest BCUT2D eigenvalue weighted by Gasteiger charge is -1.99. The van der Waals surface area contributed by atoms with Crippen molar-refractivity contribution >= 4 is 44.7 Å². The van der Waals surface area contributed by atoms with Crippen LogP contribution in [0, 0.1) is 0 Å². The van der Waals surface area contributed by atoms with Crippen molar-refractivity contribution in [2.75, 3.05) is 0 Å². The van der Waals surface area contributed by atoms with Crippen molar-refractivity contribution in [2.45, 2.75) is 12.1 Å². The Morgan fingerprint density at radius 3 is 2.81 bits per heavy atom. The molecule has 0 spiro atoms. The molecule has 0 aliphatic carbocycles. The third kappa shape index (κ3) is 2.23. The van der Waals surface area contributed by atoms with Crippen LogP contribution < -0.4 is 0 Å². The lowest BCUT2D eigenvalue weighted by molar-refractivity contribution is -0.110. The summed E-state index contributed by atoms with van der Waals surface area (Å²) in [5.41, 5.74) is 2.36. The zero-order valence-corrected chi connectivity index (χ0v) is 12.1. The lowest BCUT2D eigenvalue weighted by Crippen LogP contribution is -2.07. The predicted molar refractivity (Wildman–Crippen MR) is 79.6 cm³/mol. The van der Waals surface area contributed by atoms with E-state index in [4.69, 9.17) is 5.21 Å². The van der Waals surface area contributed by atoms with Crippen LogP contribution in [0.3, 0.4) is 0 Å². The largest absolute Gasteiger partial charge is 0.410 e. The third-order valence-electron chi connectivity index (χ3n) is 3.07. The standard InChI is InChI=1S/C13H11N5O2S/c1-7(19)12(17-20)21-13-14-11-10(15-16-13)8-5-3-4-6-9(8)18(11)2/h3-6,20H,1-2H3/b17-12+. The van der Waals surface area contributed by atoms with E-state index >= 15 is 0 Å². The number of carbonyl (C=O) groups is 1. The lowest BCUT2D eigenvalue weighted by atomic mass is 10.2. The Balaban J connectivity index is 2.14. The van der Waals surface area contributed by atoms with Crippen LogP contribution in [0.15, 0.2) is 34.6 Å². The van der Waals surface area contributed by atoms with Crippen molar-refractivity contribution in [2.24, 2.45) is 12.2 Å². The quantitative estimate of drug-likeness (QED) is 0.256. The zero-order valence-electron chi connectivity index (χ0n) is 11.3. The minimum atomic E-state index is -0.358. The number of Topliss-reactive ketones (excluding diaryl/α,β-unsaturated/α-hetero) is 1. The highest BCUT2D eigenvalue weighted by Gasteiger charge is 2.15. The Morgan fingerprint density at radius 2 is 2.10 bits per heavy atom. The Labute approximate surface area is 123 Å². The fraction of sp³-hybridized carbons (Fsp3) is 0.154. The van der Waals surface area contributed by atoms with Gasteiger partial charge in [-0.3, -0.25) is 4.79 Å². The van der Waals surface area contributed by atoms with Gasteiger partial charge < -0.3 is 9.77 Å². The number of hydrogen-bond acceptors (Lipinski definition) is 7. The fourth-order valence-corrected chi connectivity index (χ4v) is 2.66. The number of para-hydroxylation sites is 1. The molecule has 2 heterocycles. The van der Waals surface area contributed by atoms with E-state index in [1.165, 1.54) is 6.92 Å². The number of oxime groups is 1. The Hall–Kier alpha value is -2.48. The van der Waals surface area contributed by atoms with Gasteiger partial charge in [-0.2, -0.15) is 0 Å². The number of fused-ring (bicyclic) bond motifs is 3. The summed E-state index contributed by atoms with van der Waals surface area (Å²) in [4.78, 5) is 15.6. The van der Waals surface area contributed by atoms with Crippen LogP contribution in [-0.4, -0.2) is 35.8 Å². The highest BCUT2D eigenvalue weighted by molar-refractivity contribution is 8.15. The second-order valence-electron chi connectivity index (χ2n) is 4.41. The van der Waals surface area contributed by atoms with E-state index in [-0.39, 0.29) is 16.0 Å². The van der Waals surface area contributed by atoms with E-state index in [1.54, 1.807) is 0 Å². The van der Waals surface area contributed by atoms with E-state index in [2.05, 4.69) is 20.3 Å². The molecule has 0 saturated heterocycles. The van der Waals surface area contributed by atoms with Crippen molar-refractivity contribution < 1.29 is 10.0 Å². The summed E-state index contributed by atoms with van der Waals surface area (Å²) < 4.78 is 1.91. The van der Waals surface area contributed by atoms with Crippen LogP contribution >= 0.6 is 11.8 Å². The summed E-state index contributed by atoms with van der Waals surface area (Å²) in [6.45, 7) is 1.31. The zero-order chi connectivity index (χ0) is 15.0. The van der Waals surface area contributed by atoms with Crippen LogP contribution in [0.2, 0.25) is 0 Å². The number of aryl methyl sites for hydroxylation is 1. The molecular weight excluding hydrogens is 290 g/mol. The van der Waals surface area contributed by atoms with Gasteiger partial charge in [0.2, 0.25) is 5.16 Å². The first-order chi connectivity index (χ1) is 10.1. The first-order valence-electron chi connectivity index (χ1n) is 6.10. The number of carbonyl (C=O) groups excluding carboxylic acids is 1. The molecule has 1 N–H and O–H groups in total. The molecule has 1 aromatic carbocycles. The Bertz CT molecular complexity index is 887. The molecule has 0 fully saturated rings. The average Bonchev–Trinajstić information content (AvgIpc) is 2.78. The molecule has 106 valence electrons. The van der Waals surface area contributed by atoms with Crippen molar-refractivity contribution in [3.8, 4) is 0 Å². The average molecular weight is 301 g/mol. The molecule has 0 aliphatic rings. The maximum Gasteiger partial charge on any atom is 0.217 e. The van der Waals surface area contributed by atoms with Gasteiger partial charge in [0, 0.05) is 19.4 Å². The van der Waals surface area contributed by atoms with Crippen LogP contribution in [0.4, 0.5) is 0 Å². The summed E-state index contributed by atoms with van der Waals surface area (Å²) >= 11 is 0.883. The molecule has 8 heteroatoms. The molecule has 21 heavy (non-hydrogen) atoms. The van der Waals surface area contributed by atoms with Crippen molar-refractivity contribution in [3.05, 3.63) is 24.3 Å². The number of ketones is 1. The summed E-state index contributed by atoms with van der Waals surface area (Å²) in [6.07, 6.45) is 0. The van der Waals surface area contributed by atoms with E-state index in [9.17, 15) is 4.79 Å². The summed E-state index contributed by atoms with van der Waals surface area (Å²) in [7, 11) is 1.89. The monoisotopic (exact) mass is 301 g/mol. The van der Waals surface area contributed by atoms with E-state index < -0.39 is 0 Å². The van der Waals surface area contributed by atoms with Crippen LogP contribution in [-0.2, 0) is 11.8 Å². The van der Waals surface area contributed by atoms with Gasteiger partial charge in [-0.05, 0) is 17.8 Å². The maximum atomic E-state index is 11.3. The molecule has 0 amide bonds. The summed E-state index contributed by atoms with van der Waals surface area (Å²) in [5.74, 6) is -0.358. The molecule has 0 atom stereocenters. The predicted octanol–water partition coefficient (Wildman–Crippen LogP) is 1.99. The van der Waals surface area contributed by atoms with Crippen LogP contribution in [0.1, 0.15) is 6.92 Å². The number of benzene rings is 1. The van der Waals surface area contributed by atoms with Gasteiger partial charge >= 0.3 is 0 Å². The minimum absolute atomic E-state index is 0.0742. The molecule has 0 radical (unpaired) electrons.